The van der Waals surface area contributed by atoms with E-state index in [2.05, 4.69) is 0 Å². The van der Waals surface area contributed by atoms with Gasteiger partial charge in [-0.15, -0.1) is 0 Å². The van der Waals surface area contributed by atoms with E-state index in [1.54, 1.807) is 4.90 Å². The summed E-state index contributed by atoms with van der Waals surface area (Å²) in [7, 11) is 0. The number of rotatable bonds is 3. The van der Waals surface area contributed by atoms with E-state index in [1.165, 1.54) is 0 Å². The molecule has 0 saturated carbocycles. The fraction of sp³-hybridized carbons (Fsp3) is 0.786. The van der Waals surface area contributed by atoms with Crippen molar-refractivity contribution in [2.45, 2.75) is 64.5 Å². The quantitative estimate of drug-likeness (QED) is 0.787. The molecule has 1 unspecified atom stereocenters. The minimum Gasteiger partial charge on any atom is -0.444 e. The van der Waals surface area contributed by atoms with Crippen molar-refractivity contribution in [2.75, 3.05) is 6.54 Å². The molecule has 0 radical (unpaired) electrons. The molecule has 0 aliphatic carbocycles. The van der Waals surface area contributed by atoms with Crippen molar-refractivity contribution in [2.24, 2.45) is 0 Å². The van der Waals surface area contributed by atoms with Crippen LogP contribution in [-0.4, -0.2) is 35.0 Å². The largest absolute Gasteiger partial charge is 0.444 e. The normalized spacial score (nSPS) is 19.7. The first-order valence-electron chi connectivity index (χ1n) is 6.72. The first-order valence-corrected chi connectivity index (χ1v) is 6.72. The number of nitriles is 1. The Morgan fingerprint density at radius 1 is 1.37 bits per heavy atom. The van der Waals surface area contributed by atoms with E-state index in [1.807, 2.05) is 26.8 Å². The van der Waals surface area contributed by atoms with E-state index >= 15 is 0 Å². The summed E-state index contributed by atoms with van der Waals surface area (Å²) in [5.41, 5.74) is -0.532. The topological polar surface area (TPSA) is 70.4 Å². The summed E-state index contributed by atoms with van der Waals surface area (Å²) in [4.78, 5) is 25.3. The summed E-state index contributed by atoms with van der Waals surface area (Å²) in [5.74, 6) is -0.108. The van der Waals surface area contributed by atoms with Crippen molar-refractivity contribution < 1.29 is 14.3 Å². The Morgan fingerprint density at radius 3 is 2.63 bits per heavy atom. The molecule has 19 heavy (non-hydrogen) atoms. The van der Waals surface area contributed by atoms with Gasteiger partial charge in [-0.05, 0) is 40.0 Å². The van der Waals surface area contributed by atoms with Gasteiger partial charge < -0.3 is 9.64 Å². The number of carbonyl (C=O) groups excluding carboxylic acids is 2. The number of ether oxygens (including phenoxy) is 1. The van der Waals surface area contributed by atoms with Crippen LogP contribution < -0.4 is 0 Å². The highest BCUT2D eigenvalue weighted by Crippen LogP contribution is 2.23. The number of ketones is 1. The Bertz CT molecular complexity index is 379. The van der Waals surface area contributed by atoms with Crippen LogP contribution in [0.15, 0.2) is 0 Å². The Labute approximate surface area is 114 Å². The minimum absolute atomic E-state index is 0.0847. The molecule has 1 aliphatic heterocycles. The summed E-state index contributed by atoms with van der Waals surface area (Å²) in [5, 5.41) is 8.52. The predicted molar refractivity (Wildman–Crippen MR) is 70.4 cm³/mol. The number of Topliss-reactive ketones (excluding diaryl/α,β-unsaturated/α-hetero) is 1. The van der Waals surface area contributed by atoms with Crippen molar-refractivity contribution in [1.82, 2.24) is 4.90 Å². The molecular weight excluding hydrogens is 244 g/mol. The van der Waals surface area contributed by atoms with Crippen LogP contribution in [0.5, 0.6) is 0 Å². The monoisotopic (exact) mass is 266 g/mol. The van der Waals surface area contributed by atoms with Gasteiger partial charge in [0.1, 0.15) is 11.4 Å². The highest BCUT2D eigenvalue weighted by Gasteiger charge is 2.31. The molecule has 1 saturated heterocycles. The molecule has 0 bridgehead atoms. The average molecular weight is 266 g/mol. The van der Waals surface area contributed by atoms with Crippen LogP contribution in [0.4, 0.5) is 4.79 Å². The molecule has 1 fully saturated rings. The van der Waals surface area contributed by atoms with Gasteiger partial charge in [0, 0.05) is 19.0 Å². The van der Waals surface area contributed by atoms with Gasteiger partial charge in [0.2, 0.25) is 0 Å². The molecule has 0 aromatic heterocycles. The molecule has 5 heteroatoms. The van der Waals surface area contributed by atoms with E-state index in [0.717, 1.165) is 19.3 Å². The van der Waals surface area contributed by atoms with Gasteiger partial charge in [-0.2, -0.15) is 5.26 Å². The number of carbonyl (C=O) groups is 2. The lowest BCUT2D eigenvalue weighted by Gasteiger charge is -2.36. The van der Waals surface area contributed by atoms with Crippen molar-refractivity contribution in [1.29, 1.82) is 5.26 Å². The molecule has 0 aromatic carbocycles. The number of likely N-dealkylation sites (tertiary alicyclic amines) is 1. The Hall–Kier alpha value is -1.57. The number of amides is 1. The number of hydrogen-bond acceptors (Lipinski definition) is 4. The molecule has 5 nitrogen and oxygen atoms in total. The van der Waals surface area contributed by atoms with Crippen LogP contribution in [0.25, 0.3) is 0 Å². The second kappa shape index (κ2) is 6.55. The average Bonchev–Trinajstić information content (AvgIpc) is 2.27. The molecule has 1 rings (SSSR count). The SMILES string of the molecule is CC(C)(C)OC(=O)N1CCCCC1CC(=O)CC#N. The predicted octanol–water partition coefficient (Wildman–Crippen LogP) is 2.65. The maximum absolute atomic E-state index is 12.1. The second-order valence-corrected chi connectivity index (χ2v) is 5.90. The molecule has 1 atom stereocenters. The first-order chi connectivity index (χ1) is 8.83. The molecule has 0 spiro atoms. The number of piperidine rings is 1. The van der Waals surface area contributed by atoms with Crippen molar-refractivity contribution in [3.63, 3.8) is 0 Å². The van der Waals surface area contributed by atoms with Gasteiger partial charge >= 0.3 is 6.09 Å². The van der Waals surface area contributed by atoms with Crippen molar-refractivity contribution in [3.05, 3.63) is 0 Å². The van der Waals surface area contributed by atoms with Crippen LogP contribution in [0, 0.1) is 11.3 Å². The Balaban J connectivity index is 2.64. The number of hydrogen-bond donors (Lipinski definition) is 0. The van der Waals surface area contributed by atoms with Crippen LogP contribution in [0.2, 0.25) is 0 Å². The minimum atomic E-state index is -0.532. The Morgan fingerprint density at radius 2 is 2.05 bits per heavy atom. The van der Waals surface area contributed by atoms with Crippen LogP contribution in [0.3, 0.4) is 0 Å². The van der Waals surface area contributed by atoms with Crippen LogP contribution >= 0.6 is 0 Å². The van der Waals surface area contributed by atoms with E-state index in [4.69, 9.17) is 10.00 Å². The maximum Gasteiger partial charge on any atom is 0.410 e. The van der Waals surface area contributed by atoms with Gasteiger partial charge in [-0.3, -0.25) is 4.79 Å². The fourth-order valence-corrected chi connectivity index (χ4v) is 2.20. The highest BCUT2D eigenvalue weighted by molar-refractivity contribution is 5.81. The van der Waals surface area contributed by atoms with Gasteiger partial charge in [-0.1, -0.05) is 0 Å². The maximum atomic E-state index is 12.1. The first kappa shape index (κ1) is 15.5. The lowest BCUT2D eigenvalue weighted by Crippen LogP contribution is -2.46. The fourth-order valence-electron chi connectivity index (χ4n) is 2.20. The molecule has 0 aromatic rings. The van der Waals surface area contributed by atoms with Gasteiger partial charge in [0.15, 0.2) is 0 Å². The molecule has 1 amide bonds. The highest BCUT2D eigenvalue weighted by atomic mass is 16.6. The van der Waals surface area contributed by atoms with E-state index in [0.29, 0.717) is 6.54 Å². The van der Waals surface area contributed by atoms with Crippen LogP contribution in [0.1, 0.15) is 52.9 Å². The van der Waals surface area contributed by atoms with Crippen molar-refractivity contribution >= 4 is 11.9 Å². The smallest absolute Gasteiger partial charge is 0.410 e. The van der Waals surface area contributed by atoms with Gasteiger partial charge in [-0.25, -0.2) is 4.79 Å². The summed E-state index contributed by atoms with van der Waals surface area (Å²) >= 11 is 0. The lowest BCUT2D eigenvalue weighted by atomic mass is 9.97. The summed E-state index contributed by atoms with van der Waals surface area (Å²) in [6.07, 6.45) is 2.55. The zero-order chi connectivity index (χ0) is 14.5. The molecular formula is C14H22N2O3. The summed E-state index contributed by atoms with van der Waals surface area (Å²) in [6.45, 7) is 6.10. The van der Waals surface area contributed by atoms with Gasteiger partial charge in [0.05, 0.1) is 12.5 Å². The third kappa shape index (κ3) is 5.29. The van der Waals surface area contributed by atoms with E-state index in [9.17, 15) is 9.59 Å². The van der Waals surface area contributed by atoms with Crippen LogP contribution in [-0.2, 0) is 9.53 Å². The zero-order valence-electron chi connectivity index (χ0n) is 11.9. The summed E-state index contributed by atoms with van der Waals surface area (Å²) in [6, 6.07) is 1.73. The number of nitrogens with zero attached hydrogens (tertiary/aromatic N) is 2. The van der Waals surface area contributed by atoms with E-state index in [-0.39, 0.29) is 30.8 Å². The summed E-state index contributed by atoms with van der Waals surface area (Å²) < 4.78 is 5.36. The third-order valence-corrected chi connectivity index (χ3v) is 2.99. The third-order valence-electron chi connectivity index (χ3n) is 2.99. The molecule has 1 heterocycles. The second-order valence-electron chi connectivity index (χ2n) is 5.90. The zero-order valence-corrected chi connectivity index (χ0v) is 11.9. The standard InChI is InChI=1S/C14H22N2O3/c1-14(2,3)19-13(18)16-9-5-4-6-11(16)10-12(17)7-8-15/h11H,4-7,9-10H2,1-3H3. The Kier molecular flexibility index (Phi) is 5.34. The van der Waals surface area contributed by atoms with Crippen molar-refractivity contribution in [3.8, 4) is 6.07 Å². The van der Waals surface area contributed by atoms with Gasteiger partial charge in [0.25, 0.3) is 0 Å². The van der Waals surface area contributed by atoms with E-state index < -0.39 is 5.60 Å². The lowest BCUT2D eigenvalue weighted by molar-refractivity contribution is -0.119. The molecule has 0 N–H and O–H groups in total. The molecule has 106 valence electrons. The molecule has 1 aliphatic rings.